The Bertz CT molecular complexity index is 232. The van der Waals surface area contributed by atoms with Crippen molar-refractivity contribution in [3.63, 3.8) is 0 Å². The summed E-state index contributed by atoms with van der Waals surface area (Å²) in [4.78, 5) is 8.02. The van der Waals surface area contributed by atoms with Gasteiger partial charge >= 0.3 is 0 Å². The van der Waals surface area contributed by atoms with Crippen LogP contribution in [-0.2, 0) is 0 Å². The Labute approximate surface area is 91.4 Å². The van der Waals surface area contributed by atoms with E-state index in [0.717, 1.165) is 19.4 Å². The van der Waals surface area contributed by atoms with E-state index < -0.39 is 0 Å². The lowest BCUT2D eigenvalue weighted by molar-refractivity contribution is 0.653. The number of unbranched alkanes of at least 4 members (excludes halogenated alkanes) is 1. The van der Waals surface area contributed by atoms with E-state index in [1.165, 1.54) is 0 Å². The summed E-state index contributed by atoms with van der Waals surface area (Å²) in [6.07, 6.45) is 3.88. The van der Waals surface area contributed by atoms with E-state index in [2.05, 4.69) is 28.8 Å². The van der Waals surface area contributed by atoms with Gasteiger partial charge in [0.05, 0.1) is 12.4 Å². The van der Waals surface area contributed by atoms with Crippen molar-refractivity contribution in [2.24, 2.45) is 21.5 Å². The number of nitrogens with two attached hydrogens (primary N) is 2. The van der Waals surface area contributed by atoms with Crippen molar-refractivity contribution in [1.29, 1.82) is 0 Å². The minimum Gasteiger partial charge on any atom is -0.368 e. The first kappa shape index (κ1) is 13.8. The van der Waals surface area contributed by atoms with Crippen molar-refractivity contribution < 1.29 is 0 Å². The molecule has 0 atom stereocenters. The van der Waals surface area contributed by atoms with Crippen LogP contribution in [-0.4, -0.2) is 31.4 Å². The lowest BCUT2D eigenvalue weighted by Crippen LogP contribution is -2.21. The first-order valence-electron chi connectivity index (χ1n) is 5.15. The predicted molar refractivity (Wildman–Crippen MR) is 66.1 cm³/mol. The monoisotopic (exact) mass is 211 g/mol. The van der Waals surface area contributed by atoms with Crippen LogP contribution < -0.4 is 16.8 Å². The molecule has 0 rings (SSSR count). The maximum absolute atomic E-state index is 5.56. The summed E-state index contributed by atoms with van der Waals surface area (Å²) >= 11 is 0. The highest BCUT2D eigenvalue weighted by Crippen LogP contribution is 1.83. The van der Waals surface area contributed by atoms with Crippen molar-refractivity contribution in [1.82, 2.24) is 5.32 Å². The fraction of sp³-hybridized carbons (Fsp3) is 0.600. The molecule has 0 aliphatic carbocycles. The third-order valence-electron chi connectivity index (χ3n) is 1.76. The van der Waals surface area contributed by atoms with Crippen molar-refractivity contribution in [2.75, 3.05) is 19.8 Å². The molecule has 0 unspecified atom stereocenters. The zero-order valence-corrected chi connectivity index (χ0v) is 9.37. The van der Waals surface area contributed by atoms with Crippen LogP contribution in [0.25, 0.3) is 0 Å². The molecular weight excluding hydrogens is 190 g/mol. The number of guanidine groups is 1. The first-order chi connectivity index (χ1) is 7.24. The Balaban J connectivity index is 3.87. The lowest BCUT2D eigenvalue weighted by atomic mass is 10.3. The molecule has 0 heterocycles. The molecular formula is C10H21N5. The van der Waals surface area contributed by atoms with Gasteiger partial charge in [0.1, 0.15) is 0 Å². The largest absolute Gasteiger partial charge is 0.368 e. The van der Waals surface area contributed by atoms with Gasteiger partial charge in [-0.3, -0.25) is 5.32 Å². The maximum Gasteiger partial charge on any atom is 0.216 e. The number of hydrogen-bond acceptors (Lipinski definition) is 3. The second-order valence-electron chi connectivity index (χ2n) is 3.04. The Morgan fingerprint density at radius 1 is 1.53 bits per heavy atom. The summed E-state index contributed by atoms with van der Waals surface area (Å²) in [6.45, 7) is 7.47. The molecule has 0 spiro atoms. The SMILES string of the molecule is C=CC(CN)=NC(N)=NCNCCCC. The Morgan fingerprint density at radius 2 is 2.27 bits per heavy atom. The lowest BCUT2D eigenvalue weighted by Gasteiger charge is -2.00. The highest BCUT2D eigenvalue weighted by molar-refractivity contribution is 6.03. The summed E-state index contributed by atoms with van der Waals surface area (Å²) in [5, 5.41) is 3.13. The van der Waals surface area contributed by atoms with Crippen LogP contribution in [0, 0.1) is 0 Å². The minimum atomic E-state index is 0.236. The molecule has 86 valence electrons. The fourth-order valence-electron chi connectivity index (χ4n) is 0.875. The van der Waals surface area contributed by atoms with Crippen molar-refractivity contribution in [3.8, 4) is 0 Å². The second kappa shape index (κ2) is 9.36. The third-order valence-corrected chi connectivity index (χ3v) is 1.76. The fourth-order valence-corrected chi connectivity index (χ4v) is 0.875. The van der Waals surface area contributed by atoms with Gasteiger partial charge in [-0.1, -0.05) is 19.9 Å². The Hall–Kier alpha value is -1.20. The van der Waals surface area contributed by atoms with Crippen LogP contribution in [0.4, 0.5) is 0 Å². The smallest absolute Gasteiger partial charge is 0.216 e. The van der Waals surface area contributed by atoms with E-state index in [1.807, 2.05) is 0 Å². The first-order valence-corrected chi connectivity index (χ1v) is 5.15. The van der Waals surface area contributed by atoms with Crippen LogP contribution in [0.5, 0.6) is 0 Å². The number of nitrogens with zero attached hydrogens (tertiary/aromatic N) is 2. The molecule has 5 heteroatoms. The molecule has 0 aromatic carbocycles. The van der Waals surface area contributed by atoms with E-state index in [9.17, 15) is 0 Å². The van der Waals surface area contributed by atoms with Gasteiger partial charge in [-0.25, -0.2) is 9.98 Å². The standard InChI is InChI=1S/C10H21N5/c1-3-5-6-13-8-14-10(12)15-9(4-2)7-11/h4,13H,2-3,5-8,11H2,1H3,(H2,12,14). The van der Waals surface area contributed by atoms with Crippen LogP contribution >= 0.6 is 0 Å². The van der Waals surface area contributed by atoms with Gasteiger partial charge in [-0.2, -0.15) is 0 Å². The minimum absolute atomic E-state index is 0.236. The molecule has 0 radical (unpaired) electrons. The second-order valence-corrected chi connectivity index (χ2v) is 3.04. The zero-order chi connectivity index (χ0) is 11.5. The van der Waals surface area contributed by atoms with E-state index >= 15 is 0 Å². The van der Waals surface area contributed by atoms with Gasteiger partial charge < -0.3 is 11.5 Å². The van der Waals surface area contributed by atoms with Gasteiger partial charge in [0, 0.05) is 6.54 Å². The molecule has 0 amide bonds. The number of nitrogens with one attached hydrogen (secondary N) is 1. The van der Waals surface area contributed by atoms with Gasteiger partial charge in [-0.05, 0) is 19.0 Å². The number of aliphatic imine (C=N–C) groups is 2. The molecule has 0 saturated carbocycles. The molecule has 0 fully saturated rings. The van der Waals surface area contributed by atoms with E-state index in [4.69, 9.17) is 11.5 Å². The third kappa shape index (κ3) is 7.84. The predicted octanol–water partition coefficient (Wildman–Crippen LogP) is 0.234. The van der Waals surface area contributed by atoms with Crippen LogP contribution in [0.2, 0.25) is 0 Å². The van der Waals surface area contributed by atoms with Crippen molar-refractivity contribution in [3.05, 3.63) is 12.7 Å². The van der Waals surface area contributed by atoms with E-state index in [1.54, 1.807) is 6.08 Å². The normalized spacial score (nSPS) is 12.9. The number of rotatable bonds is 7. The average molecular weight is 211 g/mol. The molecule has 0 bridgehead atoms. The van der Waals surface area contributed by atoms with Crippen molar-refractivity contribution in [2.45, 2.75) is 19.8 Å². The number of hydrogen-bond donors (Lipinski definition) is 3. The average Bonchev–Trinajstić information content (AvgIpc) is 2.25. The van der Waals surface area contributed by atoms with E-state index in [0.29, 0.717) is 18.9 Å². The Morgan fingerprint density at radius 3 is 2.80 bits per heavy atom. The van der Waals surface area contributed by atoms with Crippen LogP contribution in [0.15, 0.2) is 22.6 Å². The molecule has 0 aliphatic rings. The van der Waals surface area contributed by atoms with Gasteiger partial charge in [0.2, 0.25) is 5.96 Å². The highest BCUT2D eigenvalue weighted by Gasteiger charge is 1.91. The van der Waals surface area contributed by atoms with Crippen LogP contribution in [0.1, 0.15) is 19.8 Å². The molecule has 15 heavy (non-hydrogen) atoms. The summed E-state index contributed by atoms with van der Waals surface area (Å²) in [5.41, 5.74) is 11.6. The van der Waals surface area contributed by atoms with Gasteiger partial charge in [0.25, 0.3) is 0 Å². The molecule has 5 nitrogen and oxygen atoms in total. The molecule has 5 N–H and O–H groups in total. The molecule has 0 saturated heterocycles. The molecule has 0 aromatic rings. The summed E-state index contributed by atoms with van der Waals surface area (Å²) in [7, 11) is 0. The van der Waals surface area contributed by atoms with Gasteiger partial charge in [-0.15, -0.1) is 0 Å². The van der Waals surface area contributed by atoms with Crippen LogP contribution in [0.3, 0.4) is 0 Å². The summed E-state index contributed by atoms with van der Waals surface area (Å²) in [6, 6.07) is 0. The van der Waals surface area contributed by atoms with E-state index in [-0.39, 0.29) is 5.96 Å². The summed E-state index contributed by atoms with van der Waals surface area (Å²) in [5.74, 6) is 0.236. The molecule has 0 aliphatic heterocycles. The summed E-state index contributed by atoms with van der Waals surface area (Å²) < 4.78 is 0. The highest BCUT2D eigenvalue weighted by atomic mass is 15.1. The zero-order valence-electron chi connectivity index (χ0n) is 9.37. The quantitative estimate of drug-likeness (QED) is 0.320. The topological polar surface area (TPSA) is 88.8 Å². The van der Waals surface area contributed by atoms with Crippen molar-refractivity contribution >= 4 is 11.7 Å². The molecule has 0 aromatic heterocycles. The Kier molecular flexibility index (Phi) is 8.61. The maximum atomic E-state index is 5.56. The van der Waals surface area contributed by atoms with Gasteiger partial charge in [0.15, 0.2) is 0 Å².